The molecule has 0 radical (unpaired) electrons. The van der Waals surface area contributed by atoms with Crippen molar-refractivity contribution in [1.29, 1.82) is 0 Å². The number of nitrogens with zero attached hydrogens (tertiary/aromatic N) is 3. The molecule has 142 valence electrons. The third-order valence-electron chi connectivity index (χ3n) is 3.62. The molecule has 1 aromatic carbocycles. The minimum Gasteiger partial charge on any atom is -0.481 e. The molecule has 0 saturated carbocycles. The molecule has 27 heavy (non-hydrogen) atoms. The number of aromatic nitrogens is 3. The van der Waals surface area contributed by atoms with Gasteiger partial charge in [-0.1, -0.05) is 17.3 Å². The smallest absolute Gasteiger partial charge is 0.257 e. The summed E-state index contributed by atoms with van der Waals surface area (Å²) in [4.78, 5) is 8.63. The van der Waals surface area contributed by atoms with E-state index in [4.69, 9.17) is 9.26 Å². The van der Waals surface area contributed by atoms with Gasteiger partial charge in [0.25, 0.3) is 5.89 Å². The van der Waals surface area contributed by atoms with Gasteiger partial charge in [0.15, 0.2) is 5.82 Å². The highest BCUT2D eigenvalue weighted by atomic mass is 32.2. The Hall–Kier alpha value is -2.78. The van der Waals surface area contributed by atoms with E-state index in [1.54, 1.807) is 45.4 Å². The van der Waals surface area contributed by atoms with Crippen LogP contribution < -0.4 is 9.46 Å². The predicted octanol–water partition coefficient (Wildman–Crippen LogP) is 2.42. The molecule has 0 aliphatic heterocycles. The van der Waals surface area contributed by atoms with Gasteiger partial charge >= 0.3 is 0 Å². The molecule has 0 fully saturated rings. The summed E-state index contributed by atoms with van der Waals surface area (Å²) in [7, 11) is -2.04. The Morgan fingerprint density at radius 3 is 2.70 bits per heavy atom. The normalized spacial score (nSPS) is 11.7. The van der Waals surface area contributed by atoms with E-state index < -0.39 is 10.0 Å². The Labute approximate surface area is 157 Å². The monoisotopic (exact) mass is 388 g/mol. The fraction of sp³-hybridized carbons (Fsp3) is 0.278. The second-order valence-electron chi connectivity index (χ2n) is 6.21. The highest BCUT2D eigenvalue weighted by Gasteiger charge is 2.17. The maximum Gasteiger partial charge on any atom is 0.257 e. The zero-order valence-electron chi connectivity index (χ0n) is 15.2. The van der Waals surface area contributed by atoms with Gasteiger partial charge in [0.05, 0.1) is 12.0 Å². The SMILES string of the molecule is COc1ccc(Cc2noc(-c3cccc(S(=O)(=O)NC(C)C)c3)n2)cn1. The Balaban J connectivity index is 1.81. The van der Waals surface area contributed by atoms with Crippen LogP contribution in [0.5, 0.6) is 5.88 Å². The van der Waals surface area contributed by atoms with E-state index >= 15 is 0 Å². The average Bonchev–Trinajstić information content (AvgIpc) is 3.10. The van der Waals surface area contributed by atoms with Crippen LogP contribution in [0.15, 0.2) is 52.0 Å². The Morgan fingerprint density at radius 2 is 2.04 bits per heavy atom. The Bertz CT molecular complexity index is 1010. The largest absolute Gasteiger partial charge is 0.481 e. The molecular weight excluding hydrogens is 368 g/mol. The number of benzene rings is 1. The molecule has 3 rings (SSSR count). The zero-order valence-corrected chi connectivity index (χ0v) is 16.0. The molecule has 2 heterocycles. The molecule has 0 aliphatic carbocycles. The minimum absolute atomic E-state index is 0.146. The van der Waals surface area contributed by atoms with Gasteiger partial charge in [-0.15, -0.1) is 0 Å². The number of pyridine rings is 1. The van der Waals surface area contributed by atoms with E-state index in [0.29, 0.717) is 23.7 Å². The van der Waals surface area contributed by atoms with Crippen molar-refractivity contribution in [3.8, 4) is 17.3 Å². The molecule has 0 saturated heterocycles. The number of nitrogens with one attached hydrogen (secondary N) is 1. The molecule has 0 aliphatic rings. The van der Waals surface area contributed by atoms with Crippen LogP contribution in [-0.2, 0) is 16.4 Å². The lowest BCUT2D eigenvalue weighted by atomic mass is 10.2. The van der Waals surface area contributed by atoms with E-state index in [0.717, 1.165) is 5.56 Å². The average molecular weight is 388 g/mol. The lowest BCUT2D eigenvalue weighted by molar-refractivity contribution is 0.397. The van der Waals surface area contributed by atoms with Crippen LogP contribution in [0.25, 0.3) is 11.5 Å². The van der Waals surface area contributed by atoms with E-state index in [-0.39, 0.29) is 16.8 Å². The van der Waals surface area contributed by atoms with Gasteiger partial charge < -0.3 is 9.26 Å². The molecule has 0 atom stereocenters. The molecule has 8 nitrogen and oxygen atoms in total. The number of hydrogen-bond donors (Lipinski definition) is 1. The van der Waals surface area contributed by atoms with Gasteiger partial charge in [-0.25, -0.2) is 18.1 Å². The second-order valence-corrected chi connectivity index (χ2v) is 7.92. The number of hydrogen-bond acceptors (Lipinski definition) is 7. The number of sulfonamides is 1. The van der Waals surface area contributed by atoms with Crippen molar-refractivity contribution in [2.24, 2.45) is 0 Å². The Kier molecular flexibility index (Phi) is 5.52. The summed E-state index contributed by atoms with van der Waals surface area (Å²) in [6.45, 7) is 3.53. The van der Waals surface area contributed by atoms with Crippen LogP contribution in [0.1, 0.15) is 25.2 Å². The van der Waals surface area contributed by atoms with Crippen molar-refractivity contribution in [2.75, 3.05) is 7.11 Å². The van der Waals surface area contributed by atoms with Crippen LogP contribution >= 0.6 is 0 Å². The molecule has 0 bridgehead atoms. The van der Waals surface area contributed by atoms with Crippen molar-refractivity contribution in [1.82, 2.24) is 19.8 Å². The molecule has 0 unspecified atom stereocenters. The van der Waals surface area contributed by atoms with Gasteiger partial charge in [0.2, 0.25) is 15.9 Å². The maximum absolute atomic E-state index is 12.3. The van der Waals surface area contributed by atoms with Gasteiger partial charge in [-0.2, -0.15) is 4.98 Å². The van der Waals surface area contributed by atoms with Crippen molar-refractivity contribution < 1.29 is 17.7 Å². The number of ether oxygens (including phenoxy) is 1. The molecule has 1 N–H and O–H groups in total. The predicted molar refractivity (Wildman–Crippen MR) is 98.8 cm³/mol. The highest BCUT2D eigenvalue weighted by molar-refractivity contribution is 7.89. The first kappa shape index (κ1) is 19.0. The molecule has 2 aromatic heterocycles. The van der Waals surface area contributed by atoms with Crippen LogP contribution in [0.3, 0.4) is 0 Å². The van der Waals surface area contributed by atoms with Gasteiger partial charge in [-0.05, 0) is 37.6 Å². The summed E-state index contributed by atoms with van der Waals surface area (Å²) in [6.07, 6.45) is 2.12. The quantitative estimate of drug-likeness (QED) is 0.662. The lowest BCUT2D eigenvalue weighted by Gasteiger charge is -2.09. The van der Waals surface area contributed by atoms with Crippen molar-refractivity contribution in [3.05, 3.63) is 54.0 Å². The zero-order chi connectivity index (χ0) is 19.4. The van der Waals surface area contributed by atoms with Gasteiger partial charge in [-0.3, -0.25) is 0 Å². The third-order valence-corrected chi connectivity index (χ3v) is 5.28. The topological polar surface area (TPSA) is 107 Å². The first-order valence-electron chi connectivity index (χ1n) is 8.31. The number of methoxy groups -OCH3 is 1. The fourth-order valence-corrected chi connectivity index (χ4v) is 3.73. The van der Waals surface area contributed by atoms with Crippen molar-refractivity contribution >= 4 is 10.0 Å². The molecule has 0 amide bonds. The van der Waals surface area contributed by atoms with Crippen molar-refractivity contribution in [2.45, 2.75) is 31.2 Å². The summed E-state index contributed by atoms with van der Waals surface area (Å²) < 4.78 is 37.5. The van der Waals surface area contributed by atoms with Crippen LogP contribution in [0.2, 0.25) is 0 Å². The van der Waals surface area contributed by atoms with Crippen molar-refractivity contribution in [3.63, 3.8) is 0 Å². The maximum atomic E-state index is 12.3. The third kappa shape index (κ3) is 4.69. The second kappa shape index (κ2) is 7.85. The molecule has 3 aromatic rings. The van der Waals surface area contributed by atoms with E-state index in [1.807, 2.05) is 6.07 Å². The molecule has 9 heteroatoms. The lowest BCUT2D eigenvalue weighted by Crippen LogP contribution is -2.30. The van der Waals surface area contributed by atoms with E-state index in [2.05, 4.69) is 19.8 Å². The van der Waals surface area contributed by atoms with E-state index in [9.17, 15) is 8.42 Å². The minimum atomic E-state index is -3.60. The summed E-state index contributed by atoms with van der Waals surface area (Å²) in [5, 5.41) is 3.96. The Morgan fingerprint density at radius 1 is 1.22 bits per heavy atom. The summed E-state index contributed by atoms with van der Waals surface area (Å²) in [5.74, 6) is 1.26. The molecule has 0 spiro atoms. The fourth-order valence-electron chi connectivity index (χ4n) is 2.44. The standard InChI is InChI=1S/C18H20N4O4S/c1-12(2)22-27(23,24)15-6-4-5-14(10-15)18-20-16(21-26-18)9-13-7-8-17(25-3)19-11-13/h4-8,10-12,22H,9H2,1-3H3. The van der Waals surface area contributed by atoms with Gasteiger partial charge in [0, 0.05) is 30.3 Å². The first-order chi connectivity index (χ1) is 12.9. The van der Waals surface area contributed by atoms with Gasteiger partial charge in [0.1, 0.15) is 0 Å². The molecular formula is C18H20N4O4S. The first-order valence-corrected chi connectivity index (χ1v) is 9.80. The summed E-state index contributed by atoms with van der Waals surface area (Å²) in [5.41, 5.74) is 1.44. The van der Waals surface area contributed by atoms with Crippen LogP contribution in [0.4, 0.5) is 0 Å². The highest BCUT2D eigenvalue weighted by Crippen LogP contribution is 2.22. The summed E-state index contributed by atoms with van der Waals surface area (Å²) >= 11 is 0. The van der Waals surface area contributed by atoms with Crippen LogP contribution in [-0.4, -0.2) is 36.7 Å². The number of rotatable bonds is 7. The summed E-state index contributed by atoms with van der Waals surface area (Å²) in [6, 6.07) is 9.82. The van der Waals surface area contributed by atoms with Crippen LogP contribution in [0, 0.1) is 0 Å². The van der Waals surface area contributed by atoms with E-state index in [1.165, 1.54) is 12.1 Å².